The SMILES string of the molecule is [2H]C([2H])(Oc1nc2c(c(N3C[C@H]4CC[C@@H](C3)N4)n1)CCN(c1cc(O)cc3ccc(F)c(F)c13)C2)[C@@H]1CCCN1C. The van der Waals surface area contributed by atoms with E-state index < -0.39 is 24.2 Å². The molecule has 3 saturated heterocycles. The zero-order valence-electron chi connectivity index (χ0n) is 24.0. The van der Waals surface area contributed by atoms with Crippen LogP contribution < -0.4 is 19.9 Å². The number of phenols is 1. The Morgan fingerprint density at radius 1 is 1.10 bits per heavy atom. The van der Waals surface area contributed by atoms with Gasteiger partial charge in [0.15, 0.2) is 11.6 Å². The zero-order chi connectivity index (χ0) is 28.5. The van der Waals surface area contributed by atoms with Gasteiger partial charge in [0.25, 0.3) is 0 Å². The molecule has 0 amide bonds. The van der Waals surface area contributed by atoms with Gasteiger partial charge in [0.1, 0.15) is 18.1 Å². The molecule has 0 radical (unpaired) electrons. The van der Waals surface area contributed by atoms with Crippen molar-refractivity contribution in [2.45, 2.75) is 56.8 Å². The van der Waals surface area contributed by atoms with Crippen molar-refractivity contribution in [2.75, 3.05) is 49.6 Å². The van der Waals surface area contributed by atoms with Crippen LogP contribution in [0.2, 0.25) is 0 Å². The zero-order valence-corrected chi connectivity index (χ0v) is 22.0. The lowest BCUT2D eigenvalue weighted by molar-refractivity contribution is 0.187. The first-order valence-corrected chi connectivity index (χ1v) is 13.8. The molecule has 3 aromatic rings. The van der Waals surface area contributed by atoms with Crippen LogP contribution >= 0.6 is 0 Å². The molecule has 0 saturated carbocycles. The molecule has 2 aromatic carbocycles. The number of fused-ring (bicyclic) bond motifs is 4. The highest BCUT2D eigenvalue weighted by molar-refractivity contribution is 5.96. The number of aromatic hydroxyl groups is 1. The number of likely N-dealkylation sites (N-methyl/N-ethyl adjacent to an activating group) is 1. The summed E-state index contributed by atoms with van der Waals surface area (Å²) in [6.45, 7) is 1.14. The number of nitrogens with zero attached hydrogens (tertiary/aromatic N) is 5. The number of rotatable bonds is 5. The number of anilines is 2. The van der Waals surface area contributed by atoms with E-state index in [1.54, 1.807) is 0 Å². The normalized spacial score (nSPS) is 26.1. The van der Waals surface area contributed by atoms with Gasteiger partial charge in [0.05, 0.1) is 20.7 Å². The number of likely N-dealkylation sites (tertiary alicyclic amines) is 1. The Bertz CT molecular complexity index is 1500. The van der Waals surface area contributed by atoms with Gasteiger partial charge in [-0.3, -0.25) is 0 Å². The number of hydrogen-bond donors (Lipinski definition) is 2. The molecule has 39 heavy (non-hydrogen) atoms. The quantitative estimate of drug-likeness (QED) is 0.511. The summed E-state index contributed by atoms with van der Waals surface area (Å²) in [5.74, 6) is -1.19. The number of aromatic nitrogens is 2. The number of phenolic OH excluding ortho intramolecular Hbond substituents is 1. The Hall–Kier alpha value is -3.24. The second-order valence-electron chi connectivity index (χ2n) is 11.3. The summed E-state index contributed by atoms with van der Waals surface area (Å²) in [6.07, 6.45) is 4.34. The minimum absolute atomic E-state index is 0.0187. The van der Waals surface area contributed by atoms with Crippen LogP contribution in [0.1, 0.15) is 39.7 Å². The molecule has 3 atom stereocenters. The fraction of sp³-hybridized carbons (Fsp3) is 0.517. The number of piperazine rings is 1. The number of ether oxygens (including phenoxy) is 1. The van der Waals surface area contributed by atoms with E-state index in [-0.39, 0.29) is 23.7 Å². The van der Waals surface area contributed by atoms with Gasteiger partial charge in [0, 0.05) is 54.8 Å². The molecule has 5 heterocycles. The summed E-state index contributed by atoms with van der Waals surface area (Å²) in [4.78, 5) is 15.6. The second kappa shape index (κ2) is 9.75. The van der Waals surface area contributed by atoms with Gasteiger partial charge >= 0.3 is 6.01 Å². The minimum Gasteiger partial charge on any atom is -0.508 e. The third-order valence-corrected chi connectivity index (χ3v) is 8.66. The Kier molecular flexibility index (Phi) is 5.64. The smallest absolute Gasteiger partial charge is 0.318 e. The Balaban J connectivity index is 1.28. The molecule has 2 bridgehead atoms. The Labute approximate surface area is 229 Å². The highest BCUT2D eigenvalue weighted by atomic mass is 19.2. The highest BCUT2D eigenvalue weighted by Crippen LogP contribution is 2.38. The van der Waals surface area contributed by atoms with Crippen molar-refractivity contribution in [3.63, 3.8) is 0 Å². The second-order valence-corrected chi connectivity index (χ2v) is 11.3. The van der Waals surface area contributed by atoms with E-state index in [1.165, 1.54) is 18.2 Å². The molecule has 7 rings (SSSR count). The summed E-state index contributed by atoms with van der Waals surface area (Å²) in [7, 11) is 1.90. The lowest BCUT2D eigenvalue weighted by atomic mass is 10.0. The topological polar surface area (TPSA) is 77.0 Å². The van der Waals surface area contributed by atoms with Gasteiger partial charge in [-0.15, -0.1) is 0 Å². The standard InChI is InChI=1S/C29H34F2N6O2/c1-35-9-2-3-20(35)16-39-29-33-24-15-36(25-12-21(38)11-17-4-7-23(30)27(31)26(17)25)10-8-22(24)28(34-29)37-13-18-5-6-19(14-37)32-18/h4,7,11-12,18-20,32,38H,2-3,5-6,8-10,13-16H2,1H3/t18-,19+,20-/m0/s1/i16D2. The van der Waals surface area contributed by atoms with Gasteiger partial charge in [-0.2, -0.15) is 9.97 Å². The molecule has 8 nitrogen and oxygen atoms in total. The molecule has 2 N–H and O–H groups in total. The first-order chi connectivity index (χ1) is 19.7. The lowest BCUT2D eigenvalue weighted by Gasteiger charge is -2.37. The van der Waals surface area contributed by atoms with Gasteiger partial charge in [-0.1, -0.05) is 6.07 Å². The molecule has 1 aromatic heterocycles. The van der Waals surface area contributed by atoms with Crippen molar-refractivity contribution in [1.82, 2.24) is 20.2 Å². The minimum atomic E-state index is -1.99. The van der Waals surface area contributed by atoms with Crippen molar-refractivity contribution in [3.05, 3.63) is 47.2 Å². The van der Waals surface area contributed by atoms with Crippen LogP contribution in [-0.2, 0) is 13.0 Å². The van der Waals surface area contributed by atoms with E-state index >= 15 is 4.39 Å². The van der Waals surface area contributed by atoms with Crippen LogP contribution in [0.3, 0.4) is 0 Å². The Morgan fingerprint density at radius 2 is 1.92 bits per heavy atom. The van der Waals surface area contributed by atoms with Crippen LogP contribution in [0.25, 0.3) is 10.8 Å². The van der Waals surface area contributed by atoms with Gasteiger partial charge in [-0.25, -0.2) is 8.78 Å². The number of hydrogen-bond acceptors (Lipinski definition) is 8. The summed E-state index contributed by atoms with van der Waals surface area (Å²) in [6, 6.07) is 5.72. The van der Waals surface area contributed by atoms with Crippen LogP contribution in [0, 0.1) is 11.6 Å². The first-order valence-electron chi connectivity index (χ1n) is 14.8. The average molecular weight is 539 g/mol. The van der Waals surface area contributed by atoms with E-state index in [4.69, 9.17) is 17.4 Å². The summed E-state index contributed by atoms with van der Waals surface area (Å²) in [5, 5.41) is 14.6. The van der Waals surface area contributed by atoms with Crippen molar-refractivity contribution >= 4 is 22.3 Å². The maximum Gasteiger partial charge on any atom is 0.318 e. The van der Waals surface area contributed by atoms with Crippen LogP contribution in [0.15, 0.2) is 24.3 Å². The predicted molar refractivity (Wildman–Crippen MR) is 146 cm³/mol. The molecule has 0 aliphatic carbocycles. The van der Waals surface area contributed by atoms with Crippen LogP contribution in [-0.4, -0.2) is 77.9 Å². The monoisotopic (exact) mass is 538 g/mol. The van der Waals surface area contributed by atoms with Crippen molar-refractivity contribution in [2.24, 2.45) is 0 Å². The third-order valence-electron chi connectivity index (χ3n) is 8.66. The van der Waals surface area contributed by atoms with Crippen LogP contribution in [0.5, 0.6) is 11.8 Å². The van der Waals surface area contributed by atoms with E-state index in [1.807, 2.05) is 16.8 Å². The molecular formula is C29H34F2N6O2. The first kappa shape index (κ1) is 22.6. The van der Waals surface area contributed by atoms with E-state index in [9.17, 15) is 9.50 Å². The summed E-state index contributed by atoms with van der Waals surface area (Å²) >= 11 is 0. The molecule has 206 valence electrons. The van der Waals surface area contributed by atoms with E-state index in [2.05, 4.69) is 10.2 Å². The molecule has 0 spiro atoms. The number of benzene rings is 2. The molecule has 4 aliphatic rings. The average Bonchev–Trinajstić information content (AvgIpc) is 3.53. The fourth-order valence-corrected chi connectivity index (χ4v) is 6.66. The number of halogens is 2. The maximum absolute atomic E-state index is 15.1. The van der Waals surface area contributed by atoms with Gasteiger partial charge in [0.2, 0.25) is 0 Å². The van der Waals surface area contributed by atoms with Crippen molar-refractivity contribution in [1.29, 1.82) is 0 Å². The molecule has 3 fully saturated rings. The fourth-order valence-electron chi connectivity index (χ4n) is 6.66. The summed E-state index contributed by atoms with van der Waals surface area (Å²) < 4.78 is 52.8. The predicted octanol–water partition coefficient (Wildman–Crippen LogP) is 3.59. The molecule has 4 aliphatic heterocycles. The molecular weight excluding hydrogens is 502 g/mol. The third kappa shape index (κ3) is 4.53. The van der Waals surface area contributed by atoms with Gasteiger partial charge < -0.3 is 29.9 Å². The summed E-state index contributed by atoms with van der Waals surface area (Å²) in [5.41, 5.74) is 2.00. The van der Waals surface area contributed by atoms with Crippen LogP contribution in [0.4, 0.5) is 20.3 Å². The number of nitrogens with one attached hydrogen (secondary N) is 1. The lowest BCUT2D eigenvalue weighted by Crippen LogP contribution is -2.52. The highest BCUT2D eigenvalue weighted by Gasteiger charge is 2.36. The molecule has 10 heteroatoms. The van der Waals surface area contributed by atoms with Crippen molar-refractivity contribution in [3.8, 4) is 11.8 Å². The largest absolute Gasteiger partial charge is 0.508 e. The van der Waals surface area contributed by atoms with Crippen molar-refractivity contribution < 1.29 is 21.4 Å². The molecule has 0 unspecified atom stereocenters. The maximum atomic E-state index is 15.1. The van der Waals surface area contributed by atoms with Gasteiger partial charge in [-0.05, 0) is 63.2 Å². The van der Waals surface area contributed by atoms with E-state index in [0.29, 0.717) is 48.2 Å². The van der Waals surface area contributed by atoms with E-state index in [0.717, 1.165) is 56.3 Å². The Morgan fingerprint density at radius 3 is 2.69 bits per heavy atom.